The first-order valence-electron chi connectivity index (χ1n) is 7.80. The van der Waals surface area contributed by atoms with Gasteiger partial charge in [-0.2, -0.15) is 0 Å². The Hall–Kier alpha value is -1.84. The summed E-state index contributed by atoms with van der Waals surface area (Å²) in [5.41, 5.74) is 2.06. The van der Waals surface area contributed by atoms with Crippen LogP contribution in [0.3, 0.4) is 0 Å². The van der Waals surface area contributed by atoms with Gasteiger partial charge in [0.1, 0.15) is 0 Å². The Labute approximate surface area is 131 Å². The van der Waals surface area contributed by atoms with E-state index in [-0.39, 0.29) is 17.4 Å². The summed E-state index contributed by atoms with van der Waals surface area (Å²) in [5, 5.41) is 12.2. The normalized spacial score (nSPS) is 22.5. The van der Waals surface area contributed by atoms with Gasteiger partial charge < -0.3 is 10.4 Å². The zero-order valence-electron chi connectivity index (χ0n) is 13.7. The zero-order valence-corrected chi connectivity index (χ0v) is 13.7. The summed E-state index contributed by atoms with van der Waals surface area (Å²) < 4.78 is 0. The van der Waals surface area contributed by atoms with Crippen molar-refractivity contribution >= 4 is 11.9 Å². The monoisotopic (exact) mass is 303 g/mol. The van der Waals surface area contributed by atoms with Crippen molar-refractivity contribution in [2.45, 2.75) is 46.6 Å². The van der Waals surface area contributed by atoms with Crippen LogP contribution in [0.5, 0.6) is 0 Å². The average molecular weight is 303 g/mol. The van der Waals surface area contributed by atoms with Crippen LogP contribution in [-0.2, 0) is 9.59 Å². The van der Waals surface area contributed by atoms with Crippen molar-refractivity contribution in [3.05, 3.63) is 35.4 Å². The van der Waals surface area contributed by atoms with Crippen molar-refractivity contribution in [3.63, 3.8) is 0 Å². The summed E-state index contributed by atoms with van der Waals surface area (Å²) in [4.78, 5) is 23.6. The minimum atomic E-state index is -0.866. The van der Waals surface area contributed by atoms with Crippen LogP contribution in [-0.4, -0.2) is 17.0 Å². The van der Waals surface area contributed by atoms with Crippen molar-refractivity contribution in [1.29, 1.82) is 0 Å². The van der Waals surface area contributed by atoms with Crippen LogP contribution in [0, 0.1) is 24.2 Å². The molecule has 22 heavy (non-hydrogen) atoms. The molecule has 1 amide bonds. The molecule has 0 aromatic heterocycles. The van der Waals surface area contributed by atoms with E-state index in [9.17, 15) is 9.59 Å². The molecule has 3 atom stereocenters. The van der Waals surface area contributed by atoms with Crippen LogP contribution >= 0.6 is 0 Å². The van der Waals surface area contributed by atoms with Crippen molar-refractivity contribution in [3.8, 4) is 0 Å². The summed E-state index contributed by atoms with van der Waals surface area (Å²) in [7, 11) is 0. The fourth-order valence-electron chi connectivity index (χ4n) is 3.01. The number of nitrogens with one attached hydrogen (secondary N) is 1. The highest BCUT2D eigenvalue weighted by Crippen LogP contribution is 2.38. The Morgan fingerprint density at radius 1 is 1.23 bits per heavy atom. The van der Waals surface area contributed by atoms with E-state index < -0.39 is 17.8 Å². The van der Waals surface area contributed by atoms with Crippen molar-refractivity contribution in [1.82, 2.24) is 5.32 Å². The summed E-state index contributed by atoms with van der Waals surface area (Å²) in [6.07, 6.45) is 1.26. The number of aliphatic carboxylic acids is 1. The zero-order chi connectivity index (χ0) is 16.5. The van der Waals surface area contributed by atoms with Gasteiger partial charge in [0.05, 0.1) is 17.9 Å². The topological polar surface area (TPSA) is 66.4 Å². The van der Waals surface area contributed by atoms with Crippen LogP contribution in [0.2, 0.25) is 0 Å². The highest BCUT2D eigenvalue weighted by molar-refractivity contribution is 5.86. The Morgan fingerprint density at radius 3 is 2.32 bits per heavy atom. The largest absolute Gasteiger partial charge is 0.481 e. The predicted octanol–water partition coefficient (Wildman–Crippen LogP) is 3.31. The van der Waals surface area contributed by atoms with Crippen molar-refractivity contribution in [2.24, 2.45) is 17.3 Å². The lowest BCUT2D eigenvalue weighted by Gasteiger charge is -2.37. The molecule has 0 bridgehead atoms. The van der Waals surface area contributed by atoms with E-state index in [0.717, 1.165) is 11.1 Å². The van der Waals surface area contributed by atoms with Crippen LogP contribution < -0.4 is 5.32 Å². The van der Waals surface area contributed by atoms with Gasteiger partial charge in [-0.05, 0) is 30.7 Å². The SMILES string of the molecule is Cc1cccc(C(NC(=O)C2CCC2C(=O)O)C(C)(C)C)c1. The maximum absolute atomic E-state index is 12.5. The van der Waals surface area contributed by atoms with E-state index in [0.29, 0.717) is 12.8 Å². The number of carbonyl (C=O) groups is 2. The number of carboxylic acid groups (broad SMARTS) is 1. The van der Waals surface area contributed by atoms with Gasteiger partial charge in [0.15, 0.2) is 0 Å². The number of carboxylic acids is 1. The number of rotatable bonds is 4. The molecule has 1 aliphatic rings. The van der Waals surface area contributed by atoms with Gasteiger partial charge in [-0.1, -0.05) is 50.6 Å². The second kappa shape index (κ2) is 6.11. The Balaban J connectivity index is 2.18. The van der Waals surface area contributed by atoms with Crippen LogP contribution in [0.1, 0.15) is 50.8 Å². The minimum absolute atomic E-state index is 0.130. The highest BCUT2D eigenvalue weighted by Gasteiger charge is 2.42. The molecule has 1 aromatic rings. The van der Waals surface area contributed by atoms with E-state index in [4.69, 9.17) is 5.11 Å². The summed E-state index contributed by atoms with van der Waals surface area (Å²) >= 11 is 0. The fourth-order valence-corrected chi connectivity index (χ4v) is 3.01. The lowest BCUT2D eigenvalue weighted by Crippen LogP contribution is -2.47. The Kier molecular flexibility index (Phi) is 4.59. The molecule has 120 valence electrons. The van der Waals surface area contributed by atoms with Gasteiger partial charge in [0, 0.05) is 0 Å². The van der Waals surface area contributed by atoms with E-state index in [1.54, 1.807) is 0 Å². The lowest BCUT2D eigenvalue weighted by molar-refractivity contribution is -0.153. The van der Waals surface area contributed by atoms with Gasteiger partial charge in [-0.3, -0.25) is 9.59 Å². The summed E-state index contributed by atoms with van der Waals surface area (Å²) in [5.74, 6) is -1.93. The first-order valence-corrected chi connectivity index (χ1v) is 7.80. The number of hydrogen-bond donors (Lipinski definition) is 2. The van der Waals surface area contributed by atoms with Crippen molar-refractivity contribution in [2.75, 3.05) is 0 Å². The third kappa shape index (κ3) is 3.49. The van der Waals surface area contributed by atoms with E-state index in [2.05, 4.69) is 32.2 Å². The first kappa shape index (κ1) is 16.5. The maximum Gasteiger partial charge on any atom is 0.307 e. The lowest BCUT2D eigenvalue weighted by atomic mass is 9.72. The smallest absolute Gasteiger partial charge is 0.307 e. The van der Waals surface area contributed by atoms with Crippen LogP contribution in [0.15, 0.2) is 24.3 Å². The fraction of sp³-hybridized carbons (Fsp3) is 0.556. The first-order chi connectivity index (χ1) is 10.2. The van der Waals surface area contributed by atoms with E-state index >= 15 is 0 Å². The van der Waals surface area contributed by atoms with Crippen LogP contribution in [0.25, 0.3) is 0 Å². The average Bonchev–Trinajstić information content (AvgIpc) is 2.32. The third-order valence-electron chi connectivity index (χ3n) is 4.46. The molecule has 0 saturated heterocycles. The molecule has 4 heteroatoms. The van der Waals surface area contributed by atoms with Gasteiger partial charge in [0.25, 0.3) is 0 Å². The van der Waals surface area contributed by atoms with Gasteiger partial charge in [0.2, 0.25) is 5.91 Å². The van der Waals surface area contributed by atoms with Crippen LogP contribution in [0.4, 0.5) is 0 Å². The molecule has 0 radical (unpaired) electrons. The standard InChI is InChI=1S/C18H25NO3/c1-11-6-5-7-12(10-11)15(18(2,3)4)19-16(20)13-8-9-14(13)17(21)22/h5-7,10,13-15H,8-9H2,1-4H3,(H,19,20)(H,21,22). The number of benzene rings is 1. The van der Waals surface area contributed by atoms with Crippen molar-refractivity contribution < 1.29 is 14.7 Å². The van der Waals surface area contributed by atoms with Gasteiger partial charge in [-0.25, -0.2) is 0 Å². The molecule has 2 N–H and O–H groups in total. The highest BCUT2D eigenvalue weighted by atomic mass is 16.4. The Morgan fingerprint density at radius 2 is 1.86 bits per heavy atom. The molecule has 3 unspecified atom stereocenters. The minimum Gasteiger partial charge on any atom is -0.481 e. The summed E-state index contributed by atoms with van der Waals surface area (Å²) in [6, 6.07) is 7.97. The third-order valence-corrected chi connectivity index (χ3v) is 4.46. The van der Waals surface area contributed by atoms with E-state index in [1.165, 1.54) is 0 Å². The van der Waals surface area contributed by atoms with Gasteiger partial charge >= 0.3 is 5.97 Å². The second-order valence-electron chi connectivity index (χ2n) is 7.35. The molecule has 0 spiro atoms. The van der Waals surface area contributed by atoms with Gasteiger partial charge in [-0.15, -0.1) is 0 Å². The molecule has 1 aromatic carbocycles. The molecular formula is C18H25NO3. The molecule has 1 saturated carbocycles. The molecule has 4 nitrogen and oxygen atoms in total. The molecule has 2 rings (SSSR count). The maximum atomic E-state index is 12.5. The molecule has 1 fully saturated rings. The quantitative estimate of drug-likeness (QED) is 0.896. The predicted molar refractivity (Wildman–Crippen MR) is 85.4 cm³/mol. The molecule has 0 heterocycles. The number of hydrogen-bond acceptors (Lipinski definition) is 2. The molecular weight excluding hydrogens is 278 g/mol. The molecule has 0 aliphatic heterocycles. The summed E-state index contributed by atoms with van der Waals surface area (Å²) in [6.45, 7) is 8.26. The number of carbonyl (C=O) groups excluding carboxylic acids is 1. The Bertz CT molecular complexity index is 574. The van der Waals surface area contributed by atoms with E-state index in [1.807, 2.05) is 25.1 Å². The number of aryl methyl sites for hydroxylation is 1. The molecule has 1 aliphatic carbocycles. The second-order valence-corrected chi connectivity index (χ2v) is 7.35. The number of amides is 1.